The van der Waals surface area contributed by atoms with Gasteiger partial charge in [0.1, 0.15) is 18.8 Å². The van der Waals surface area contributed by atoms with Crippen molar-refractivity contribution in [3.05, 3.63) is 35.9 Å². The van der Waals surface area contributed by atoms with Gasteiger partial charge in [-0.25, -0.2) is 0 Å². The third kappa shape index (κ3) is 7.65. The SMILES string of the molecule is CC(=O)OC[C@@H]1O[C@H](OC(C)=O)[C@H](OC(C)=O)[C@@H](OCc2ccccc2)[C@@H]1OC(C)=O. The first-order chi connectivity index (χ1) is 14.7. The fraction of sp³-hybridized carbons (Fsp3) is 0.524. The van der Waals surface area contributed by atoms with Gasteiger partial charge in [-0.05, 0) is 5.56 Å². The van der Waals surface area contributed by atoms with Crippen LogP contribution in [0, 0.1) is 0 Å². The summed E-state index contributed by atoms with van der Waals surface area (Å²) in [5, 5.41) is 0. The summed E-state index contributed by atoms with van der Waals surface area (Å²) < 4.78 is 32.6. The van der Waals surface area contributed by atoms with E-state index in [1.165, 1.54) is 20.8 Å². The van der Waals surface area contributed by atoms with Crippen LogP contribution in [0.15, 0.2) is 30.3 Å². The van der Waals surface area contributed by atoms with E-state index in [-0.39, 0.29) is 13.2 Å². The molecule has 0 unspecified atom stereocenters. The van der Waals surface area contributed by atoms with Gasteiger partial charge in [0.15, 0.2) is 12.2 Å². The highest BCUT2D eigenvalue weighted by Gasteiger charge is 2.52. The average molecular weight is 438 g/mol. The minimum absolute atomic E-state index is 0.0775. The van der Waals surface area contributed by atoms with E-state index in [2.05, 4.69) is 0 Å². The van der Waals surface area contributed by atoms with Gasteiger partial charge in [-0.3, -0.25) is 19.2 Å². The molecule has 1 heterocycles. The second-order valence-electron chi connectivity index (χ2n) is 6.86. The molecule has 0 amide bonds. The number of hydrogen-bond acceptors (Lipinski definition) is 10. The quantitative estimate of drug-likeness (QED) is 0.433. The minimum Gasteiger partial charge on any atom is -0.463 e. The van der Waals surface area contributed by atoms with Gasteiger partial charge in [0.25, 0.3) is 0 Å². The maximum Gasteiger partial charge on any atom is 0.305 e. The first kappa shape index (κ1) is 24.3. The number of ether oxygens (including phenoxy) is 6. The van der Waals surface area contributed by atoms with Gasteiger partial charge in [0.2, 0.25) is 6.29 Å². The van der Waals surface area contributed by atoms with Crippen LogP contribution in [0.1, 0.15) is 33.3 Å². The molecule has 0 aromatic heterocycles. The molecule has 0 aliphatic carbocycles. The summed E-state index contributed by atoms with van der Waals surface area (Å²) in [7, 11) is 0. The molecule has 10 nitrogen and oxygen atoms in total. The second-order valence-corrected chi connectivity index (χ2v) is 6.86. The molecular weight excluding hydrogens is 412 g/mol. The maximum absolute atomic E-state index is 11.8. The van der Waals surface area contributed by atoms with Crippen molar-refractivity contribution in [2.45, 2.75) is 65.0 Å². The highest BCUT2D eigenvalue weighted by atomic mass is 16.7. The van der Waals surface area contributed by atoms with Gasteiger partial charge >= 0.3 is 23.9 Å². The van der Waals surface area contributed by atoms with Crippen LogP contribution in [0.25, 0.3) is 0 Å². The molecule has 1 saturated heterocycles. The molecule has 1 aromatic carbocycles. The Labute approximate surface area is 179 Å². The highest BCUT2D eigenvalue weighted by molar-refractivity contribution is 5.68. The van der Waals surface area contributed by atoms with E-state index < -0.39 is 54.6 Å². The standard InChI is InChI=1S/C21H26O10/c1-12(22)26-11-17-18(28-13(2)23)19(27-10-16-8-6-5-7-9-16)20(29-14(3)24)21(31-17)30-15(4)25/h5-9,17-21H,10-11H2,1-4H3/t17-,18+,19-,20+,21-/m0/s1. The summed E-state index contributed by atoms with van der Waals surface area (Å²) in [6.45, 7) is 4.50. The van der Waals surface area contributed by atoms with Gasteiger partial charge in [-0.15, -0.1) is 0 Å². The minimum atomic E-state index is -1.37. The number of rotatable bonds is 8. The summed E-state index contributed by atoms with van der Waals surface area (Å²) in [5.41, 5.74) is 0.803. The average Bonchev–Trinajstić information content (AvgIpc) is 2.67. The van der Waals surface area contributed by atoms with Crippen molar-refractivity contribution in [2.24, 2.45) is 0 Å². The van der Waals surface area contributed by atoms with E-state index in [0.29, 0.717) is 0 Å². The Morgan fingerprint density at radius 2 is 1.35 bits per heavy atom. The molecule has 0 bridgehead atoms. The fourth-order valence-corrected chi connectivity index (χ4v) is 3.08. The Kier molecular flexibility index (Phi) is 8.95. The molecule has 0 spiro atoms. The lowest BCUT2D eigenvalue weighted by Crippen LogP contribution is -2.62. The molecule has 1 aliphatic heterocycles. The van der Waals surface area contributed by atoms with E-state index in [1.54, 1.807) is 0 Å². The molecule has 2 rings (SSSR count). The molecule has 1 aromatic rings. The maximum atomic E-state index is 11.8. The van der Waals surface area contributed by atoms with Crippen molar-refractivity contribution in [1.82, 2.24) is 0 Å². The highest BCUT2D eigenvalue weighted by Crippen LogP contribution is 2.30. The predicted octanol–water partition coefficient (Wildman–Crippen LogP) is 1.29. The Morgan fingerprint density at radius 3 is 1.90 bits per heavy atom. The fourth-order valence-electron chi connectivity index (χ4n) is 3.08. The van der Waals surface area contributed by atoms with Crippen molar-refractivity contribution in [1.29, 1.82) is 0 Å². The predicted molar refractivity (Wildman–Crippen MR) is 103 cm³/mol. The first-order valence-corrected chi connectivity index (χ1v) is 9.63. The Morgan fingerprint density at radius 1 is 0.774 bits per heavy atom. The second kappa shape index (κ2) is 11.4. The van der Waals surface area contributed by atoms with Gasteiger partial charge in [0.05, 0.1) is 6.61 Å². The molecule has 10 heteroatoms. The Bertz CT molecular complexity index is 778. The largest absolute Gasteiger partial charge is 0.463 e. The zero-order chi connectivity index (χ0) is 23.0. The monoisotopic (exact) mass is 438 g/mol. The van der Waals surface area contributed by atoms with Crippen LogP contribution in [0.4, 0.5) is 0 Å². The Balaban J connectivity index is 2.38. The van der Waals surface area contributed by atoms with Crippen LogP contribution in [0.2, 0.25) is 0 Å². The zero-order valence-corrected chi connectivity index (χ0v) is 17.8. The van der Waals surface area contributed by atoms with Crippen LogP contribution in [-0.2, 0) is 54.2 Å². The lowest BCUT2D eigenvalue weighted by atomic mass is 9.98. The normalized spacial score (nSPS) is 25.2. The lowest BCUT2D eigenvalue weighted by Gasteiger charge is -2.44. The summed E-state index contributed by atoms with van der Waals surface area (Å²) >= 11 is 0. The number of benzene rings is 1. The van der Waals surface area contributed by atoms with Crippen LogP contribution in [-0.4, -0.2) is 61.2 Å². The molecule has 0 saturated carbocycles. The van der Waals surface area contributed by atoms with Gasteiger partial charge in [0, 0.05) is 27.7 Å². The van der Waals surface area contributed by atoms with E-state index >= 15 is 0 Å². The van der Waals surface area contributed by atoms with Crippen LogP contribution in [0.5, 0.6) is 0 Å². The molecule has 1 aliphatic rings. The molecular formula is C21H26O10. The van der Waals surface area contributed by atoms with Crippen LogP contribution in [0.3, 0.4) is 0 Å². The number of esters is 4. The molecule has 1 fully saturated rings. The number of carbonyl (C=O) groups excluding carboxylic acids is 4. The topological polar surface area (TPSA) is 124 Å². The van der Waals surface area contributed by atoms with Crippen molar-refractivity contribution < 1.29 is 47.6 Å². The van der Waals surface area contributed by atoms with E-state index in [4.69, 9.17) is 28.4 Å². The Hall–Kier alpha value is -2.98. The summed E-state index contributed by atoms with van der Waals surface area (Å²) in [5.74, 6) is -2.61. The third-order valence-corrected chi connectivity index (χ3v) is 4.21. The smallest absolute Gasteiger partial charge is 0.305 e. The van der Waals surface area contributed by atoms with Crippen molar-refractivity contribution in [2.75, 3.05) is 6.61 Å². The molecule has 170 valence electrons. The van der Waals surface area contributed by atoms with Gasteiger partial charge < -0.3 is 28.4 Å². The summed E-state index contributed by atoms with van der Waals surface area (Å²) in [6.07, 6.45) is -5.83. The summed E-state index contributed by atoms with van der Waals surface area (Å²) in [4.78, 5) is 46.4. The number of hydrogen-bond donors (Lipinski definition) is 0. The zero-order valence-electron chi connectivity index (χ0n) is 17.8. The third-order valence-electron chi connectivity index (χ3n) is 4.21. The lowest BCUT2D eigenvalue weighted by molar-refractivity contribution is -0.305. The summed E-state index contributed by atoms with van der Waals surface area (Å²) in [6, 6.07) is 9.12. The van der Waals surface area contributed by atoms with E-state index in [9.17, 15) is 19.2 Å². The van der Waals surface area contributed by atoms with Crippen LogP contribution < -0.4 is 0 Å². The van der Waals surface area contributed by atoms with Crippen molar-refractivity contribution >= 4 is 23.9 Å². The molecule has 31 heavy (non-hydrogen) atoms. The molecule has 5 atom stereocenters. The van der Waals surface area contributed by atoms with Crippen molar-refractivity contribution in [3.63, 3.8) is 0 Å². The van der Waals surface area contributed by atoms with Gasteiger partial charge in [-0.2, -0.15) is 0 Å². The first-order valence-electron chi connectivity index (χ1n) is 9.63. The van der Waals surface area contributed by atoms with Crippen molar-refractivity contribution in [3.8, 4) is 0 Å². The number of carbonyl (C=O) groups is 4. The molecule has 0 radical (unpaired) electrons. The van der Waals surface area contributed by atoms with Crippen LogP contribution >= 0.6 is 0 Å². The van der Waals surface area contributed by atoms with E-state index in [1.807, 2.05) is 30.3 Å². The van der Waals surface area contributed by atoms with Gasteiger partial charge in [-0.1, -0.05) is 30.3 Å². The van der Waals surface area contributed by atoms with E-state index in [0.717, 1.165) is 12.5 Å². The molecule has 0 N–H and O–H groups in total.